The van der Waals surface area contributed by atoms with Gasteiger partial charge in [0.15, 0.2) is 0 Å². The quantitative estimate of drug-likeness (QED) is 0.648. The van der Waals surface area contributed by atoms with E-state index >= 15 is 0 Å². The molecule has 0 amide bonds. The number of benzene rings is 2. The number of ether oxygens (including phenoxy) is 1. The van der Waals surface area contributed by atoms with Gasteiger partial charge in [0.25, 0.3) is 0 Å². The molecule has 0 aliphatic heterocycles. The van der Waals surface area contributed by atoms with Crippen molar-refractivity contribution >= 4 is 22.7 Å². The Kier molecular flexibility index (Phi) is 4.91. The summed E-state index contributed by atoms with van der Waals surface area (Å²) in [4.78, 5) is 9.16. The predicted molar refractivity (Wildman–Crippen MR) is 98.5 cm³/mol. The highest BCUT2D eigenvalue weighted by Gasteiger charge is 2.06. The molecule has 122 valence electrons. The molecule has 0 bridgehead atoms. The SMILES string of the molecule is C=CCNc1nc(NCc2ccc(OC)cc2)nc2ccccc12. The Morgan fingerprint density at radius 2 is 1.83 bits per heavy atom. The largest absolute Gasteiger partial charge is 0.497 e. The van der Waals surface area contributed by atoms with E-state index in [2.05, 4.69) is 27.2 Å². The van der Waals surface area contributed by atoms with Gasteiger partial charge in [0.2, 0.25) is 5.95 Å². The molecule has 0 radical (unpaired) electrons. The van der Waals surface area contributed by atoms with Crippen molar-refractivity contribution in [2.45, 2.75) is 6.54 Å². The van der Waals surface area contributed by atoms with Gasteiger partial charge in [-0.05, 0) is 29.8 Å². The van der Waals surface area contributed by atoms with E-state index in [0.717, 1.165) is 28.0 Å². The molecule has 2 aromatic carbocycles. The van der Waals surface area contributed by atoms with Gasteiger partial charge in [-0.1, -0.05) is 30.3 Å². The first-order chi connectivity index (χ1) is 11.8. The fraction of sp³-hybridized carbons (Fsp3) is 0.158. The molecule has 0 spiro atoms. The molecular formula is C19H20N4O. The molecule has 0 saturated carbocycles. The van der Waals surface area contributed by atoms with Gasteiger partial charge >= 0.3 is 0 Å². The van der Waals surface area contributed by atoms with E-state index in [1.54, 1.807) is 13.2 Å². The average Bonchev–Trinajstić information content (AvgIpc) is 2.64. The number of rotatable bonds is 7. The lowest BCUT2D eigenvalue weighted by atomic mass is 10.2. The number of para-hydroxylation sites is 1. The van der Waals surface area contributed by atoms with E-state index in [1.807, 2.05) is 48.5 Å². The first kappa shape index (κ1) is 15.8. The summed E-state index contributed by atoms with van der Waals surface area (Å²) < 4.78 is 5.17. The van der Waals surface area contributed by atoms with Crippen molar-refractivity contribution in [2.75, 3.05) is 24.3 Å². The van der Waals surface area contributed by atoms with Crippen molar-refractivity contribution in [1.82, 2.24) is 9.97 Å². The summed E-state index contributed by atoms with van der Waals surface area (Å²) in [5, 5.41) is 7.54. The molecule has 2 N–H and O–H groups in total. The lowest BCUT2D eigenvalue weighted by Crippen LogP contribution is -2.08. The van der Waals surface area contributed by atoms with Crippen LogP contribution >= 0.6 is 0 Å². The van der Waals surface area contributed by atoms with Gasteiger partial charge in [-0.2, -0.15) is 4.98 Å². The summed E-state index contributed by atoms with van der Waals surface area (Å²) in [6, 6.07) is 15.9. The smallest absolute Gasteiger partial charge is 0.225 e. The third kappa shape index (κ3) is 3.63. The van der Waals surface area contributed by atoms with E-state index in [4.69, 9.17) is 4.74 Å². The molecular weight excluding hydrogens is 300 g/mol. The van der Waals surface area contributed by atoms with Crippen molar-refractivity contribution < 1.29 is 4.74 Å². The van der Waals surface area contributed by atoms with Gasteiger partial charge < -0.3 is 15.4 Å². The molecule has 0 unspecified atom stereocenters. The maximum atomic E-state index is 5.17. The van der Waals surface area contributed by atoms with Crippen LogP contribution in [0.15, 0.2) is 61.2 Å². The van der Waals surface area contributed by atoms with E-state index in [-0.39, 0.29) is 0 Å². The molecule has 0 saturated heterocycles. The van der Waals surface area contributed by atoms with Crippen molar-refractivity contribution in [2.24, 2.45) is 0 Å². The Bertz CT molecular complexity index is 830. The van der Waals surface area contributed by atoms with Gasteiger partial charge in [0.05, 0.1) is 12.6 Å². The van der Waals surface area contributed by atoms with Gasteiger partial charge in [-0.3, -0.25) is 0 Å². The highest BCUT2D eigenvalue weighted by molar-refractivity contribution is 5.90. The normalized spacial score (nSPS) is 10.4. The third-order valence-corrected chi connectivity index (χ3v) is 3.63. The number of hydrogen-bond donors (Lipinski definition) is 2. The minimum Gasteiger partial charge on any atom is -0.497 e. The zero-order valence-corrected chi connectivity index (χ0v) is 13.6. The zero-order valence-electron chi connectivity index (χ0n) is 13.6. The summed E-state index contributed by atoms with van der Waals surface area (Å²) in [5.74, 6) is 2.24. The summed E-state index contributed by atoms with van der Waals surface area (Å²) in [5.41, 5.74) is 2.03. The third-order valence-electron chi connectivity index (χ3n) is 3.63. The average molecular weight is 320 g/mol. The number of nitrogens with zero attached hydrogens (tertiary/aromatic N) is 2. The first-order valence-electron chi connectivity index (χ1n) is 7.78. The van der Waals surface area contributed by atoms with Crippen molar-refractivity contribution in [3.05, 3.63) is 66.7 Å². The summed E-state index contributed by atoms with van der Waals surface area (Å²) in [6.45, 7) is 5.03. The van der Waals surface area contributed by atoms with Crippen molar-refractivity contribution in [3.8, 4) is 5.75 Å². The van der Waals surface area contributed by atoms with E-state index in [9.17, 15) is 0 Å². The molecule has 5 heteroatoms. The number of hydrogen-bond acceptors (Lipinski definition) is 5. The second-order valence-electron chi connectivity index (χ2n) is 5.28. The molecule has 5 nitrogen and oxygen atoms in total. The number of anilines is 2. The van der Waals surface area contributed by atoms with Gasteiger partial charge in [-0.25, -0.2) is 4.98 Å². The topological polar surface area (TPSA) is 59.1 Å². The van der Waals surface area contributed by atoms with Crippen LogP contribution in [0, 0.1) is 0 Å². The van der Waals surface area contributed by atoms with Crippen LogP contribution in [-0.2, 0) is 6.54 Å². The van der Waals surface area contributed by atoms with Crippen LogP contribution in [0.5, 0.6) is 5.75 Å². The lowest BCUT2D eigenvalue weighted by molar-refractivity contribution is 0.414. The molecule has 0 aliphatic carbocycles. The van der Waals surface area contributed by atoms with Crippen LogP contribution in [0.1, 0.15) is 5.56 Å². The molecule has 3 aromatic rings. The van der Waals surface area contributed by atoms with Crippen LogP contribution < -0.4 is 15.4 Å². The Morgan fingerprint density at radius 1 is 1.04 bits per heavy atom. The van der Waals surface area contributed by atoms with Crippen LogP contribution in [0.25, 0.3) is 10.9 Å². The second-order valence-corrected chi connectivity index (χ2v) is 5.28. The lowest BCUT2D eigenvalue weighted by Gasteiger charge is -2.11. The van der Waals surface area contributed by atoms with E-state index < -0.39 is 0 Å². The maximum Gasteiger partial charge on any atom is 0.225 e. The van der Waals surface area contributed by atoms with Crippen LogP contribution in [0.3, 0.4) is 0 Å². The predicted octanol–water partition coefficient (Wildman–Crippen LogP) is 3.85. The van der Waals surface area contributed by atoms with Crippen molar-refractivity contribution in [3.63, 3.8) is 0 Å². The molecule has 0 fully saturated rings. The Morgan fingerprint density at radius 3 is 2.58 bits per heavy atom. The number of nitrogens with one attached hydrogen (secondary N) is 2. The van der Waals surface area contributed by atoms with Crippen LogP contribution in [0.4, 0.5) is 11.8 Å². The number of methoxy groups -OCH3 is 1. The minimum absolute atomic E-state index is 0.594. The van der Waals surface area contributed by atoms with Gasteiger partial charge in [0, 0.05) is 18.5 Å². The summed E-state index contributed by atoms with van der Waals surface area (Å²) in [6.07, 6.45) is 1.81. The highest BCUT2D eigenvalue weighted by atomic mass is 16.5. The Hall–Kier alpha value is -3.08. The summed E-state index contributed by atoms with van der Waals surface area (Å²) >= 11 is 0. The Balaban J connectivity index is 1.81. The molecule has 0 atom stereocenters. The molecule has 1 aromatic heterocycles. The van der Waals surface area contributed by atoms with E-state index in [0.29, 0.717) is 19.0 Å². The molecule has 1 heterocycles. The van der Waals surface area contributed by atoms with Gasteiger partial charge in [0.1, 0.15) is 11.6 Å². The number of aromatic nitrogens is 2. The van der Waals surface area contributed by atoms with Crippen LogP contribution in [0.2, 0.25) is 0 Å². The van der Waals surface area contributed by atoms with E-state index in [1.165, 1.54) is 0 Å². The Labute approximate surface area is 141 Å². The first-order valence-corrected chi connectivity index (χ1v) is 7.78. The van der Waals surface area contributed by atoms with Crippen LogP contribution in [-0.4, -0.2) is 23.6 Å². The highest BCUT2D eigenvalue weighted by Crippen LogP contribution is 2.22. The fourth-order valence-corrected chi connectivity index (χ4v) is 2.38. The monoisotopic (exact) mass is 320 g/mol. The number of fused-ring (bicyclic) bond motifs is 1. The van der Waals surface area contributed by atoms with Gasteiger partial charge in [-0.15, -0.1) is 6.58 Å². The molecule has 3 rings (SSSR count). The van der Waals surface area contributed by atoms with Crippen molar-refractivity contribution in [1.29, 1.82) is 0 Å². The minimum atomic E-state index is 0.594. The zero-order chi connectivity index (χ0) is 16.8. The molecule has 0 aliphatic rings. The second kappa shape index (κ2) is 7.46. The summed E-state index contributed by atoms with van der Waals surface area (Å²) in [7, 11) is 1.66. The standard InChI is InChI=1S/C19H20N4O/c1-3-12-20-18-16-6-4-5-7-17(16)22-19(23-18)21-13-14-8-10-15(24-2)11-9-14/h3-11H,1,12-13H2,2H3,(H2,20,21,22,23). The fourth-order valence-electron chi connectivity index (χ4n) is 2.38. The molecule has 24 heavy (non-hydrogen) atoms. The maximum absolute atomic E-state index is 5.17.